The fourth-order valence-electron chi connectivity index (χ4n) is 5.91. The number of aliphatic imine (C=N–C) groups is 1. The van der Waals surface area contributed by atoms with Crippen molar-refractivity contribution in [2.45, 2.75) is 45.7 Å². The molecule has 44 heavy (non-hydrogen) atoms. The number of amides is 1. The zero-order chi connectivity index (χ0) is 31.8. The van der Waals surface area contributed by atoms with Crippen molar-refractivity contribution in [1.82, 2.24) is 19.8 Å². The number of hydrogen-bond acceptors (Lipinski definition) is 7. The van der Waals surface area contributed by atoms with E-state index in [1.54, 1.807) is 19.1 Å². The second kappa shape index (κ2) is 12.6. The number of carbonyl (C=O) groups excluding carboxylic acids is 1. The largest absolute Gasteiger partial charge is 0.462 e. The minimum atomic E-state index is -1.000. The minimum Gasteiger partial charge on any atom is -0.462 e. The van der Waals surface area contributed by atoms with Crippen LogP contribution in [-0.2, 0) is 4.79 Å². The highest BCUT2D eigenvalue weighted by molar-refractivity contribution is 6.36. The zero-order valence-electron chi connectivity index (χ0n) is 25.5. The van der Waals surface area contributed by atoms with Gasteiger partial charge in [0.05, 0.1) is 0 Å². The van der Waals surface area contributed by atoms with Gasteiger partial charge in [0, 0.05) is 65.8 Å². The summed E-state index contributed by atoms with van der Waals surface area (Å²) in [6.45, 7) is 17.5. The van der Waals surface area contributed by atoms with Crippen LogP contribution in [0.2, 0.25) is 5.02 Å². The summed E-state index contributed by atoms with van der Waals surface area (Å²) in [5.41, 5.74) is 0.955. The summed E-state index contributed by atoms with van der Waals surface area (Å²) >= 11 is 6.56. The Kier molecular flexibility index (Phi) is 9.04. The molecule has 1 atom stereocenters. The first-order valence-corrected chi connectivity index (χ1v) is 15.0. The van der Waals surface area contributed by atoms with Gasteiger partial charge in [-0.25, -0.2) is 8.78 Å². The van der Waals surface area contributed by atoms with Gasteiger partial charge in [0.25, 0.3) is 5.91 Å². The number of hydrogen-bond donors (Lipinski definition) is 0. The van der Waals surface area contributed by atoms with Crippen molar-refractivity contribution in [3.8, 4) is 6.01 Å². The molecule has 0 spiro atoms. The lowest BCUT2D eigenvalue weighted by Gasteiger charge is -2.49. The lowest BCUT2D eigenvalue weighted by atomic mass is 9.94. The van der Waals surface area contributed by atoms with Crippen LogP contribution in [-0.4, -0.2) is 83.3 Å². The average Bonchev–Trinajstić information content (AvgIpc) is 2.96. The van der Waals surface area contributed by atoms with Crippen molar-refractivity contribution in [2.75, 3.05) is 44.2 Å². The second-order valence-corrected chi connectivity index (χ2v) is 12.5. The molecule has 2 aliphatic rings. The summed E-state index contributed by atoms with van der Waals surface area (Å²) in [6.07, 6.45) is 0.972. The van der Waals surface area contributed by atoms with E-state index in [0.717, 1.165) is 18.4 Å². The molecule has 0 aliphatic carbocycles. The van der Waals surface area contributed by atoms with Crippen LogP contribution in [0.4, 0.5) is 14.6 Å². The molecule has 232 valence electrons. The number of anilines is 1. The van der Waals surface area contributed by atoms with Gasteiger partial charge in [-0.1, -0.05) is 48.5 Å². The Morgan fingerprint density at radius 2 is 1.77 bits per heavy atom. The van der Waals surface area contributed by atoms with Gasteiger partial charge in [-0.15, -0.1) is 0 Å². The average molecular weight is 623 g/mol. The molecule has 0 bridgehead atoms. The molecule has 3 aromatic rings. The number of fused-ring (bicyclic) bond motifs is 1. The summed E-state index contributed by atoms with van der Waals surface area (Å²) in [6, 6.07) is 11.1. The van der Waals surface area contributed by atoms with Crippen LogP contribution < -0.4 is 9.64 Å². The van der Waals surface area contributed by atoms with Gasteiger partial charge in [-0.05, 0) is 52.3 Å². The maximum atomic E-state index is 16.7. The Morgan fingerprint density at radius 3 is 2.36 bits per heavy atom. The number of carbonyl (C=O) groups is 1. The summed E-state index contributed by atoms with van der Waals surface area (Å²) in [5, 5.41) is 1.95. The smallest absolute Gasteiger partial charge is 0.319 e. The number of aromatic nitrogens is 2. The van der Waals surface area contributed by atoms with Crippen molar-refractivity contribution < 1.29 is 18.3 Å². The van der Waals surface area contributed by atoms with Crippen LogP contribution in [0.3, 0.4) is 0 Å². The van der Waals surface area contributed by atoms with Crippen molar-refractivity contribution in [1.29, 1.82) is 0 Å². The molecule has 3 heterocycles. The first-order valence-electron chi connectivity index (χ1n) is 14.6. The maximum Gasteiger partial charge on any atom is 0.319 e. The normalized spacial score (nSPS) is 18.1. The van der Waals surface area contributed by atoms with Crippen LogP contribution in [0.5, 0.6) is 6.01 Å². The van der Waals surface area contributed by atoms with Crippen molar-refractivity contribution >= 4 is 52.3 Å². The Morgan fingerprint density at radius 1 is 1.09 bits per heavy atom. The van der Waals surface area contributed by atoms with Crippen LogP contribution in [0.1, 0.15) is 44.0 Å². The van der Waals surface area contributed by atoms with Crippen LogP contribution >= 0.6 is 11.6 Å². The first kappa shape index (κ1) is 31.5. The van der Waals surface area contributed by atoms with Crippen LogP contribution in [0.25, 0.3) is 22.3 Å². The summed E-state index contributed by atoms with van der Waals surface area (Å²) in [7, 11) is 0. The van der Waals surface area contributed by atoms with Crippen molar-refractivity contribution in [2.24, 2.45) is 4.99 Å². The topological polar surface area (TPSA) is 74.2 Å². The van der Waals surface area contributed by atoms with E-state index in [4.69, 9.17) is 21.3 Å². The molecule has 1 amide bonds. The highest BCUT2D eigenvalue weighted by Crippen LogP contribution is 2.38. The standard InChI is InChI=1S/C33H37ClF2N6O2/c1-20-28(27(36)29(37-6)24-11-7-9-22-10-8-12-25(34)26(22)24)38-32(44-19-23-13-14-42(23)33(3,4)5)39-30(20)40-15-17-41(18-16-40)31(43)21(2)35/h7-12,23H,2,6,13-19H2,1,3-5H3/b29-27+. The van der Waals surface area contributed by atoms with E-state index in [0.29, 0.717) is 47.1 Å². The predicted molar refractivity (Wildman–Crippen MR) is 173 cm³/mol. The number of benzene rings is 2. The summed E-state index contributed by atoms with van der Waals surface area (Å²) < 4.78 is 36.4. The molecule has 2 aromatic carbocycles. The van der Waals surface area contributed by atoms with Gasteiger partial charge in [0.15, 0.2) is 11.7 Å². The quantitative estimate of drug-likeness (QED) is 0.212. The molecular weight excluding hydrogens is 586 g/mol. The Bertz CT molecular complexity index is 1640. The molecule has 1 unspecified atom stereocenters. The highest BCUT2D eigenvalue weighted by Gasteiger charge is 2.37. The van der Waals surface area contributed by atoms with E-state index in [1.807, 2.05) is 29.2 Å². The van der Waals surface area contributed by atoms with E-state index >= 15 is 4.39 Å². The lowest BCUT2D eigenvalue weighted by molar-refractivity contribution is -0.128. The monoisotopic (exact) mass is 622 g/mol. The molecule has 2 fully saturated rings. The predicted octanol–water partition coefficient (Wildman–Crippen LogP) is 6.47. The van der Waals surface area contributed by atoms with Gasteiger partial charge >= 0.3 is 6.01 Å². The number of ether oxygens (including phenoxy) is 1. The molecular formula is C33H37ClF2N6O2. The van der Waals surface area contributed by atoms with E-state index in [9.17, 15) is 9.18 Å². The van der Waals surface area contributed by atoms with Gasteiger partial charge in [-0.3, -0.25) is 14.7 Å². The Labute approximate surface area is 261 Å². The molecule has 0 saturated carbocycles. The number of likely N-dealkylation sites (tertiary alicyclic amines) is 1. The SMILES string of the molecule is C=N/C(=C(/F)c1nc(OCC2CCN2C(C)(C)C)nc(N2CCN(C(=O)C(=C)F)CC2)c1C)c1cccc2cccc(Cl)c12. The number of rotatable bonds is 8. The molecule has 8 nitrogen and oxygen atoms in total. The Balaban J connectivity index is 1.56. The third kappa shape index (κ3) is 6.19. The second-order valence-electron chi connectivity index (χ2n) is 12.1. The summed E-state index contributed by atoms with van der Waals surface area (Å²) in [4.78, 5) is 31.2. The van der Waals surface area contributed by atoms with E-state index in [2.05, 4.69) is 48.9 Å². The third-order valence-corrected chi connectivity index (χ3v) is 8.61. The van der Waals surface area contributed by atoms with Crippen LogP contribution in [0.15, 0.2) is 53.8 Å². The molecule has 5 rings (SSSR count). The molecule has 0 radical (unpaired) electrons. The minimum absolute atomic E-state index is 0.00262. The third-order valence-electron chi connectivity index (χ3n) is 8.29. The van der Waals surface area contributed by atoms with Gasteiger partial charge in [0.2, 0.25) is 0 Å². The van der Waals surface area contributed by atoms with Crippen LogP contribution in [0, 0.1) is 6.92 Å². The summed E-state index contributed by atoms with van der Waals surface area (Å²) in [5.74, 6) is -1.96. The van der Waals surface area contributed by atoms with E-state index in [-0.39, 0.29) is 42.1 Å². The number of piperazine rings is 1. The molecule has 2 saturated heterocycles. The van der Waals surface area contributed by atoms with Crippen molar-refractivity contribution in [3.05, 3.63) is 70.6 Å². The first-order chi connectivity index (χ1) is 20.9. The molecule has 0 N–H and O–H groups in total. The number of nitrogens with zero attached hydrogens (tertiary/aromatic N) is 6. The fourth-order valence-corrected chi connectivity index (χ4v) is 6.19. The van der Waals surface area contributed by atoms with Gasteiger partial charge in [-0.2, -0.15) is 9.97 Å². The lowest BCUT2D eigenvalue weighted by Crippen LogP contribution is -2.59. The van der Waals surface area contributed by atoms with E-state index in [1.165, 1.54) is 4.90 Å². The fraction of sp³-hybridized carbons (Fsp3) is 0.394. The van der Waals surface area contributed by atoms with Gasteiger partial charge < -0.3 is 14.5 Å². The molecule has 2 aliphatic heterocycles. The van der Waals surface area contributed by atoms with E-state index < -0.39 is 17.6 Å². The highest BCUT2D eigenvalue weighted by atomic mass is 35.5. The molecule has 11 heteroatoms. The zero-order valence-corrected chi connectivity index (χ0v) is 26.3. The van der Waals surface area contributed by atoms with Gasteiger partial charge in [0.1, 0.15) is 23.8 Å². The maximum absolute atomic E-state index is 16.7. The Hall–Kier alpha value is -3.89. The number of halogens is 3. The van der Waals surface area contributed by atoms with Crippen molar-refractivity contribution in [3.63, 3.8) is 0 Å². The molecule has 1 aromatic heterocycles.